The molecule has 84 valence electrons. The molecule has 0 bridgehead atoms. The Morgan fingerprint density at radius 1 is 1.12 bits per heavy atom. The van der Waals surface area contributed by atoms with Crippen LogP contribution in [0.5, 0.6) is 11.6 Å². The second-order valence-corrected chi connectivity index (χ2v) is 4.18. The molecule has 4 nitrogen and oxygen atoms in total. The van der Waals surface area contributed by atoms with E-state index in [0.29, 0.717) is 11.6 Å². The van der Waals surface area contributed by atoms with Crippen molar-refractivity contribution < 1.29 is 4.74 Å². The molecule has 2 aromatic heterocycles. The molecule has 0 saturated carbocycles. The summed E-state index contributed by atoms with van der Waals surface area (Å²) in [5, 5.41) is 1.27. The molecule has 1 aromatic carbocycles. The molecule has 0 spiro atoms. The Labute approximate surface area is 106 Å². The first kappa shape index (κ1) is 10.4. The number of aromatic nitrogens is 3. The maximum absolute atomic E-state index is 5.83. The lowest BCUT2D eigenvalue weighted by Gasteiger charge is -2.05. The van der Waals surface area contributed by atoms with E-state index >= 15 is 0 Å². The number of pyridine rings is 1. The van der Waals surface area contributed by atoms with E-state index in [0.717, 1.165) is 22.6 Å². The van der Waals surface area contributed by atoms with Gasteiger partial charge < -0.3 is 4.74 Å². The number of para-hydroxylation sites is 1. The fraction of sp³-hybridized carbons (Fsp3) is 0. The van der Waals surface area contributed by atoms with Crippen LogP contribution in [0.2, 0.25) is 5.15 Å². The van der Waals surface area contributed by atoms with E-state index in [1.807, 2.05) is 30.3 Å². The first-order chi connectivity index (χ1) is 8.34. The first-order valence-electron chi connectivity index (χ1n) is 4.84. The lowest BCUT2D eigenvalue weighted by atomic mass is 10.2. The summed E-state index contributed by atoms with van der Waals surface area (Å²) in [7, 11) is 0. The van der Waals surface area contributed by atoms with Gasteiger partial charge in [0.2, 0.25) is 5.15 Å². The van der Waals surface area contributed by atoms with Gasteiger partial charge in [-0.15, -0.1) is 4.37 Å². The topological polar surface area (TPSA) is 47.9 Å². The van der Waals surface area contributed by atoms with E-state index < -0.39 is 0 Å². The highest BCUT2D eigenvalue weighted by atomic mass is 35.5. The van der Waals surface area contributed by atoms with Crippen molar-refractivity contribution in [2.24, 2.45) is 0 Å². The van der Waals surface area contributed by atoms with E-state index in [2.05, 4.69) is 13.7 Å². The maximum Gasteiger partial charge on any atom is 0.270 e. The summed E-state index contributed by atoms with van der Waals surface area (Å²) in [5.74, 6) is 0.938. The van der Waals surface area contributed by atoms with Crippen molar-refractivity contribution in [3.63, 3.8) is 0 Å². The van der Waals surface area contributed by atoms with Gasteiger partial charge in [-0.25, -0.2) is 0 Å². The van der Waals surface area contributed by atoms with Gasteiger partial charge in [0.25, 0.3) is 5.88 Å². The molecule has 6 heteroatoms. The van der Waals surface area contributed by atoms with Crippen LogP contribution in [0.4, 0.5) is 0 Å². The second kappa shape index (κ2) is 4.27. The molecule has 3 rings (SSSR count). The number of hydrogen-bond donors (Lipinski definition) is 0. The summed E-state index contributed by atoms with van der Waals surface area (Å²) in [4.78, 5) is 4.28. The normalized spacial score (nSPS) is 10.6. The zero-order valence-corrected chi connectivity index (χ0v) is 10.1. The van der Waals surface area contributed by atoms with Crippen LogP contribution in [0.25, 0.3) is 10.9 Å². The summed E-state index contributed by atoms with van der Waals surface area (Å²) in [6.07, 6.45) is 1.72. The maximum atomic E-state index is 5.83. The number of benzene rings is 1. The van der Waals surface area contributed by atoms with Crippen molar-refractivity contribution in [1.82, 2.24) is 13.7 Å². The van der Waals surface area contributed by atoms with Crippen molar-refractivity contribution in [1.29, 1.82) is 0 Å². The molecule has 0 fully saturated rings. The third kappa shape index (κ3) is 1.94. The molecule has 3 aromatic rings. The van der Waals surface area contributed by atoms with E-state index in [1.54, 1.807) is 6.20 Å². The Kier molecular flexibility index (Phi) is 2.62. The van der Waals surface area contributed by atoms with Gasteiger partial charge in [0.1, 0.15) is 5.52 Å². The van der Waals surface area contributed by atoms with Gasteiger partial charge in [-0.3, -0.25) is 4.98 Å². The Balaban J connectivity index is 2.09. The molecular weight excluding hydrogens is 258 g/mol. The van der Waals surface area contributed by atoms with Gasteiger partial charge in [-0.1, -0.05) is 29.8 Å². The minimum atomic E-state index is 0.267. The van der Waals surface area contributed by atoms with Crippen LogP contribution in [0.15, 0.2) is 36.5 Å². The largest absolute Gasteiger partial charge is 0.433 e. The fourth-order valence-corrected chi connectivity index (χ4v) is 2.11. The molecule has 0 unspecified atom stereocenters. The summed E-state index contributed by atoms with van der Waals surface area (Å²) in [5.41, 5.74) is 0.777. The molecule has 0 atom stereocenters. The average molecular weight is 264 g/mol. The first-order valence-corrected chi connectivity index (χ1v) is 5.95. The van der Waals surface area contributed by atoms with Crippen LogP contribution >= 0.6 is 23.3 Å². The Morgan fingerprint density at radius 3 is 2.82 bits per heavy atom. The van der Waals surface area contributed by atoms with Crippen LogP contribution in [0.3, 0.4) is 0 Å². The van der Waals surface area contributed by atoms with Crippen molar-refractivity contribution in [2.75, 3.05) is 0 Å². The fourth-order valence-electron chi connectivity index (χ4n) is 1.49. The molecule has 0 aliphatic rings. The highest BCUT2D eigenvalue weighted by Gasteiger charge is 2.10. The lowest BCUT2D eigenvalue weighted by molar-refractivity contribution is 0.472. The minimum Gasteiger partial charge on any atom is -0.433 e. The number of hydrogen-bond acceptors (Lipinski definition) is 5. The number of fused-ring (bicyclic) bond motifs is 1. The van der Waals surface area contributed by atoms with Crippen LogP contribution in [-0.2, 0) is 0 Å². The molecule has 2 heterocycles. The zero-order chi connectivity index (χ0) is 11.7. The van der Waals surface area contributed by atoms with Gasteiger partial charge in [-0.2, -0.15) is 4.37 Å². The predicted octanol–water partition coefficient (Wildman–Crippen LogP) is 3.53. The standard InChI is InChI=1S/C11H6ClN3OS/c12-10-11(15-17-14-10)16-8-5-1-3-7-4-2-6-13-9(7)8/h1-6H. The van der Waals surface area contributed by atoms with Gasteiger partial charge in [-0.05, 0) is 12.1 Å². The summed E-state index contributed by atoms with van der Waals surface area (Å²) in [6, 6.07) is 9.54. The lowest BCUT2D eigenvalue weighted by Crippen LogP contribution is -1.88. The number of rotatable bonds is 2. The van der Waals surface area contributed by atoms with Crippen molar-refractivity contribution in [3.8, 4) is 11.6 Å². The van der Waals surface area contributed by atoms with Crippen LogP contribution in [0.1, 0.15) is 0 Å². The summed E-state index contributed by atoms with van der Waals surface area (Å²) >= 11 is 6.85. The third-order valence-corrected chi connectivity index (χ3v) is 3.08. The van der Waals surface area contributed by atoms with Gasteiger partial charge in [0.05, 0.1) is 11.7 Å². The van der Waals surface area contributed by atoms with E-state index in [4.69, 9.17) is 16.3 Å². The molecule has 17 heavy (non-hydrogen) atoms. The molecule has 0 N–H and O–H groups in total. The third-order valence-electron chi connectivity index (χ3n) is 2.22. The van der Waals surface area contributed by atoms with Gasteiger partial charge in [0, 0.05) is 11.6 Å². The van der Waals surface area contributed by atoms with Crippen LogP contribution in [-0.4, -0.2) is 13.7 Å². The number of ether oxygens (including phenoxy) is 1. The summed E-state index contributed by atoms with van der Waals surface area (Å²) < 4.78 is 13.4. The number of nitrogens with zero attached hydrogens (tertiary/aromatic N) is 3. The van der Waals surface area contributed by atoms with Crippen LogP contribution in [0, 0.1) is 0 Å². The quantitative estimate of drug-likeness (QED) is 0.710. The van der Waals surface area contributed by atoms with Crippen LogP contribution < -0.4 is 4.74 Å². The van der Waals surface area contributed by atoms with E-state index in [1.165, 1.54) is 0 Å². The average Bonchev–Trinajstić information content (AvgIpc) is 2.76. The Bertz CT molecular complexity index is 665. The van der Waals surface area contributed by atoms with E-state index in [9.17, 15) is 0 Å². The van der Waals surface area contributed by atoms with E-state index in [-0.39, 0.29) is 5.15 Å². The van der Waals surface area contributed by atoms with Crippen molar-refractivity contribution >= 4 is 34.2 Å². The minimum absolute atomic E-state index is 0.267. The summed E-state index contributed by atoms with van der Waals surface area (Å²) in [6.45, 7) is 0. The Hall–Kier alpha value is -1.72. The SMILES string of the molecule is Clc1nsnc1Oc1cccc2cccnc12. The smallest absolute Gasteiger partial charge is 0.270 e. The molecular formula is C11H6ClN3OS. The molecule has 0 aliphatic carbocycles. The van der Waals surface area contributed by atoms with Gasteiger partial charge in [0.15, 0.2) is 5.75 Å². The second-order valence-electron chi connectivity index (χ2n) is 3.29. The van der Waals surface area contributed by atoms with Crippen molar-refractivity contribution in [2.45, 2.75) is 0 Å². The molecule has 0 amide bonds. The highest BCUT2D eigenvalue weighted by Crippen LogP contribution is 2.30. The zero-order valence-electron chi connectivity index (χ0n) is 8.50. The Morgan fingerprint density at radius 2 is 2.00 bits per heavy atom. The highest BCUT2D eigenvalue weighted by molar-refractivity contribution is 6.99. The monoisotopic (exact) mass is 263 g/mol. The predicted molar refractivity (Wildman–Crippen MR) is 66.7 cm³/mol. The molecule has 0 radical (unpaired) electrons. The molecule has 0 saturated heterocycles. The van der Waals surface area contributed by atoms with Crippen molar-refractivity contribution in [3.05, 3.63) is 41.7 Å². The molecule has 0 aliphatic heterocycles. The number of halogens is 1. The van der Waals surface area contributed by atoms with Gasteiger partial charge >= 0.3 is 0 Å².